The molecule has 1 aromatic carbocycles. The number of hydrogen-bond acceptors (Lipinski definition) is 3. The highest BCUT2D eigenvalue weighted by atomic mass is 127. The van der Waals surface area contributed by atoms with E-state index in [0.29, 0.717) is 21.5 Å². The van der Waals surface area contributed by atoms with Crippen LogP contribution in [0, 0.1) is 16.3 Å². The largest absolute Gasteiger partial charge is 0.478 e. The van der Waals surface area contributed by atoms with Gasteiger partial charge in [0.2, 0.25) is 0 Å². The predicted molar refractivity (Wildman–Crippen MR) is 95.1 cm³/mol. The highest BCUT2D eigenvalue weighted by Crippen LogP contribution is 2.28. The maximum Gasteiger partial charge on any atom is 0.335 e. The molecule has 0 unspecified atom stereocenters. The van der Waals surface area contributed by atoms with Crippen molar-refractivity contribution in [3.63, 3.8) is 0 Å². The molecule has 2 aromatic rings. The SMILES string of the molecule is Cc1cc(I)c(F)c(N2CCN(c3cccc(C(=O)O)c3)C2=O)n1. The Labute approximate surface area is 151 Å². The van der Waals surface area contributed by atoms with Crippen molar-refractivity contribution in [1.29, 1.82) is 0 Å². The number of aryl methyl sites for hydroxylation is 1. The lowest BCUT2D eigenvalue weighted by Gasteiger charge is -2.19. The van der Waals surface area contributed by atoms with Gasteiger partial charge in [-0.15, -0.1) is 0 Å². The molecule has 0 radical (unpaired) electrons. The third kappa shape index (κ3) is 2.93. The first-order valence-corrected chi connectivity index (χ1v) is 8.21. The second-order valence-corrected chi connectivity index (χ2v) is 6.49. The van der Waals surface area contributed by atoms with Gasteiger partial charge in [0.05, 0.1) is 9.13 Å². The molecule has 0 spiro atoms. The Balaban J connectivity index is 1.94. The molecular weight excluding hydrogens is 428 g/mol. The number of aromatic carboxylic acids is 1. The van der Waals surface area contributed by atoms with Crippen LogP contribution < -0.4 is 9.80 Å². The van der Waals surface area contributed by atoms with Crippen LogP contribution in [0.5, 0.6) is 0 Å². The number of carbonyl (C=O) groups is 2. The van der Waals surface area contributed by atoms with Gasteiger partial charge in [-0.25, -0.2) is 19.0 Å². The molecule has 1 fully saturated rings. The van der Waals surface area contributed by atoms with E-state index >= 15 is 0 Å². The van der Waals surface area contributed by atoms with E-state index in [1.54, 1.807) is 25.1 Å². The Kier molecular flexibility index (Phi) is 4.39. The highest BCUT2D eigenvalue weighted by molar-refractivity contribution is 14.1. The Morgan fingerprint density at radius 2 is 2.00 bits per heavy atom. The molecule has 0 atom stereocenters. The number of rotatable bonds is 3. The number of pyridine rings is 1. The lowest BCUT2D eigenvalue weighted by molar-refractivity contribution is 0.0697. The van der Waals surface area contributed by atoms with Crippen molar-refractivity contribution >= 4 is 46.1 Å². The molecule has 8 heteroatoms. The summed E-state index contributed by atoms with van der Waals surface area (Å²) >= 11 is 1.87. The maximum absolute atomic E-state index is 14.3. The van der Waals surface area contributed by atoms with E-state index < -0.39 is 17.8 Å². The fourth-order valence-corrected chi connectivity index (χ4v) is 3.25. The zero-order chi connectivity index (χ0) is 17.4. The van der Waals surface area contributed by atoms with Gasteiger partial charge in [0.1, 0.15) is 0 Å². The normalized spacial score (nSPS) is 14.4. The first-order chi connectivity index (χ1) is 11.4. The standard InChI is InChI=1S/C16H13FIN3O3/c1-9-7-12(18)13(17)14(19-9)21-6-5-20(16(21)24)11-4-2-3-10(8-11)15(22)23/h2-4,7-8H,5-6H2,1H3,(H,22,23). The van der Waals surface area contributed by atoms with E-state index in [4.69, 9.17) is 5.11 Å². The average Bonchev–Trinajstić information content (AvgIpc) is 2.92. The summed E-state index contributed by atoms with van der Waals surface area (Å²) in [4.78, 5) is 30.6. The molecule has 0 saturated carbocycles. The fraction of sp³-hybridized carbons (Fsp3) is 0.188. The third-order valence-electron chi connectivity index (χ3n) is 3.69. The number of urea groups is 1. The number of anilines is 2. The minimum Gasteiger partial charge on any atom is -0.478 e. The number of amides is 2. The van der Waals surface area contributed by atoms with Gasteiger partial charge < -0.3 is 5.11 Å². The quantitative estimate of drug-likeness (QED) is 0.743. The monoisotopic (exact) mass is 441 g/mol. The Morgan fingerprint density at radius 1 is 1.29 bits per heavy atom. The fourth-order valence-electron chi connectivity index (χ4n) is 2.56. The molecule has 1 aliphatic heterocycles. The van der Waals surface area contributed by atoms with Gasteiger partial charge in [0.15, 0.2) is 11.6 Å². The van der Waals surface area contributed by atoms with E-state index in [1.807, 2.05) is 22.6 Å². The lowest BCUT2D eigenvalue weighted by Crippen LogP contribution is -2.33. The molecule has 6 nitrogen and oxygen atoms in total. The Bertz CT molecular complexity index is 843. The highest BCUT2D eigenvalue weighted by Gasteiger charge is 2.34. The van der Waals surface area contributed by atoms with Crippen LogP contribution in [-0.2, 0) is 0 Å². The minimum atomic E-state index is -1.07. The summed E-state index contributed by atoms with van der Waals surface area (Å²) in [5.41, 5.74) is 1.17. The number of carboxylic acids is 1. The van der Waals surface area contributed by atoms with Crippen LogP contribution in [-0.4, -0.2) is 35.2 Å². The van der Waals surface area contributed by atoms with Crippen molar-refractivity contribution < 1.29 is 19.1 Å². The van der Waals surface area contributed by atoms with Crippen LogP contribution in [0.25, 0.3) is 0 Å². The molecule has 124 valence electrons. The Hall–Kier alpha value is -2.23. The van der Waals surface area contributed by atoms with Gasteiger partial charge in [0, 0.05) is 24.5 Å². The predicted octanol–water partition coefficient (Wildman–Crippen LogP) is 3.28. The molecule has 3 rings (SSSR count). The molecule has 2 amide bonds. The van der Waals surface area contributed by atoms with E-state index in [1.165, 1.54) is 21.9 Å². The van der Waals surface area contributed by atoms with Gasteiger partial charge in [0.25, 0.3) is 0 Å². The van der Waals surface area contributed by atoms with Crippen LogP contribution >= 0.6 is 22.6 Å². The Morgan fingerprint density at radius 3 is 2.71 bits per heavy atom. The van der Waals surface area contributed by atoms with Gasteiger partial charge in [-0.2, -0.15) is 0 Å². The number of halogens is 2. The van der Waals surface area contributed by atoms with E-state index in [2.05, 4.69) is 4.98 Å². The zero-order valence-corrected chi connectivity index (χ0v) is 14.8. The summed E-state index contributed by atoms with van der Waals surface area (Å²) in [6, 6.07) is 7.28. The zero-order valence-electron chi connectivity index (χ0n) is 12.7. The summed E-state index contributed by atoms with van der Waals surface area (Å²) in [6.45, 7) is 2.34. The number of aromatic nitrogens is 1. The van der Waals surface area contributed by atoms with Gasteiger partial charge in [-0.1, -0.05) is 6.07 Å². The lowest BCUT2D eigenvalue weighted by atomic mass is 10.2. The first kappa shape index (κ1) is 16.6. The van der Waals surface area contributed by atoms with Gasteiger partial charge >= 0.3 is 12.0 Å². The number of carboxylic acid groups (broad SMARTS) is 1. The van der Waals surface area contributed by atoms with Crippen LogP contribution in [0.15, 0.2) is 30.3 Å². The van der Waals surface area contributed by atoms with Crippen LogP contribution in [0.1, 0.15) is 16.1 Å². The van der Waals surface area contributed by atoms with Crippen LogP contribution in [0.4, 0.5) is 20.7 Å². The van der Waals surface area contributed by atoms with Gasteiger partial charge in [-0.05, 0) is 53.8 Å². The van der Waals surface area contributed by atoms with E-state index in [0.717, 1.165) is 0 Å². The van der Waals surface area contributed by atoms with Crippen molar-refractivity contribution in [3.8, 4) is 0 Å². The topological polar surface area (TPSA) is 73.7 Å². The van der Waals surface area contributed by atoms with E-state index in [-0.39, 0.29) is 17.9 Å². The number of hydrogen-bond donors (Lipinski definition) is 1. The minimum absolute atomic E-state index is 0.00119. The molecule has 2 heterocycles. The van der Waals surface area contributed by atoms with Crippen LogP contribution in [0.2, 0.25) is 0 Å². The molecule has 1 N–H and O–H groups in total. The summed E-state index contributed by atoms with van der Waals surface area (Å²) in [5, 5.41) is 9.07. The van der Waals surface area contributed by atoms with Crippen molar-refractivity contribution in [2.45, 2.75) is 6.92 Å². The third-order valence-corrected chi connectivity index (χ3v) is 4.48. The van der Waals surface area contributed by atoms with Crippen LogP contribution in [0.3, 0.4) is 0 Å². The maximum atomic E-state index is 14.3. The molecule has 24 heavy (non-hydrogen) atoms. The number of carbonyl (C=O) groups excluding carboxylic acids is 1. The molecule has 0 aliphatic carbocycles. The van der Waals surface area contributed by atoms with Crippen molar-refractivity contribution in [1.82, 2.24) is 4.98 Å². The summed E-state index contributed by atoms with van der Waals surface area (Å²) in [7, 11) is 0. The molecule has 0 bridgehead atoms. The van der Waals surface area contributed by atoms with E-state index in [9.17, 15) is 14.0 Å². The number of benzene rings is 1. The van der Waals surface area contributed by atoms with Crippen molar-refractivity contribution in [2.24, 2.45) is 0 Å². The summed E-state index contributed by atoms with van der Waals surface area (Å²) < 4.78 is 14.7. The summed E-state index contributed by atoms with van der Waals surface area (Å²) in [5.74, 6) is -1.60. The number of nitrogens with zero attached hydrogens (tertiary/aromatic N) is 3. The second-order valence-electron chi connectivity index (χ2n) is 5.32. The smallest absolute Gasteiger partial charge is 0.335 e. The second kappa shape index (κ2) is 6.34. The molecular formula is C16H13FIN3O3. The molecule has 1 saturated heterocycles. The average molecular weight is 441 g/mol. The summed E-state index contributed by atoms with van der Waals surface area (Å²) in [6.07, 6.45) is 0. The molecule has 1 aromatic heterocycles. The molecule has 1 aliphatic rings. The van der Waals surface area contributed by atoms with Crippen molar-refractivity contribution in [3.05, 3.63) is 51.0 Å². The van der Waals surface area contributed by atoms with Gasteiger partial charge in [-0.3, -0.25) is 9.80 Å². The first-order valence-electron chi connectivity index (χ1n) is 7.13. The van der Waals surface area contributed by atoms with Crippen molar-refractivity contribution in [2.75, 3.05) is 22.9 Å².